The lowest BCUT2D eigenvalue weighted by Gasteiger charge is -2.21. The van der Waals surface area contributed by atoms with Gasteiger partial charge in [-0.25, -0.2) is 15.0 Å². The molecule has 10 aromatic rings. The number of fused-ring (bicyclic) bond motifs is 10. The molecule has 2 heterocycles. The van der Waals surface area contributed by atoms with Crippen LogP contribution in [0.4, 0.5) is 0 Å². The average Bonchev–Trinajstić information content (AvgIpc) is 3.73. The highest BCUT2D eigenvalue weighted by Gasteiger charge is 2.35. The van der Waals surface area contributed by atoms with E-state index < -0.39 is 0 Å². The molecule has 0 atom stereocenters. The Balaban J connectivity index is 1.07. The van der Waals surface area contributed by atoms with Gasteiger partial charge in [0.2, 0.25) is 0 Å². The molecule has 4 heteroatoms. The Kier molecular flexibility index (Phi) is 6.56. The van der Waals surface area contributed by atoms with Crippen LogP contribution in [0.2, 0.25) is 0 Å². The molecule has 11 rings (SSSR count). The lowest BCUT2D eigenvalue weighted by atomic mass is 9.82. The molecule has 0 fully saturated rings. The van der Waals surface area contributed by atoms with E-state index in [4.69, 9.17) is 19.4 Å². The van der Waals surface area contributed by atoms with Crippen LogP contribution in [0.1, 0.15) is 25.0 Å². The molecule has 0 saturated carbocycles. The van der Waals surface area contributed by atoms with E-state index in [0.717, 1.165) is 55.1 Å². The fourth-order valence-electron chi connectivity index (χ4n) is 8.59. The predicted molar refractivity (Wildman–Crippen MR) is 221 cm³/mol. The summed E-state index contributed by atoms with van der Waals surface area (Å²) in [5.74, 6) is 1.91. The van der Waals surface area contributed by atoms with Crippen molar-refractivity contribution < 1.29 is 4.42 Å². The van der Waals surface area contributed by atoms with Crippen molar-refractivity contribution in [2.45, 2.75) is 19.3 Å². The lowest BCUT2D eigenvalue weighted by molar-refractivity contribution is 0.660. The first kappa shape index (κ1) is 30.7. The number of rotatable bonds is 4. The summed E-state index contributed by atoms with van der Waals surface area (Å²) in [4.78, 5) is 15.3. The summed E-state index contributed by atoms with van der Waals surface area (Å²) in [5.41, 5.74) is 11.7. The van der Waals surface area contributed by atoms with Crippen molar-refractivity contribution in [2.75, 3.05) is 0 Å². The van der Waals surface area contributed by atoms with Gasteiger partial charge in [-0.15, -0.1) is 0 Å². The van der Waals surface area contributed by atoms with Gasteiger partial charge in [-0.05, 0) is 62.2 Å². The van der Waals surface area contributed by atoms with E-state index in [1.54, 1.807) is 0 Å². The van der Waals surface area contributed by atoms with Gasteiger partial charge in [-0.1, -0.05) is 159 Å². The number of hydrogen-bond acceptors (Lipinski definition) is 4. The lowest BCUT2D eigenvalue weighted by Crippen LogP contribution is -2.15. The molecule has 0 spiro atoms. The highest BCUT2D eigenvalue weighted by atomic mass is 16.3. The van der Waals surface area contributed by atoms with Gasteiger partial charge >= 0.3 is 0 Å². The molecule has 8 aromatic carbocycles. The molecule has 0 N–H and O–H groups in total. The Morgan fingerprint density at radius 3 is 1.85 bits per heavy atom. The Bertz CT molecular complexity index is 3140. The van der Waals surface area contributed by atoms with Crippen molar-refractivity contribution in [1.29, 1.82) is 0 Å². The SMILES string of the molecule is CC1(C)c2ccccc2-c2ccc(-c3nc(-c4ccccc4)nc(-c4cccc(-c5cccc6c5oc5c6ccc6ccc7ccccc7c65)c4)n3)cc21. The van der Waals surface area contributed by atoms with Crippen LogP contribution >= 0.6 is 0 Å². The molecular weight excluding hydrogens is 659 g/mol. The molecule has 54 heavy (non-hydrogen) atoms. The van der Waals surface area contributed by atoms with Gasteiger partial charge < -0.3 is 4.42 Å². The number of aromatic nitrogens is 3. The molecule has 1 aliphatic carbocycles. The van der Waals surface area contributed by atoms with Crippen molar-refractivity contribution in [3.05, 3.63) is 175 Å². The normalized spacial score (nSPS) is 13.1. The summed E-state index contributed by atoms with van der Waals surface area (Å²) < 4.78 is 6.89. The highest BCUT2D eigenvalue weighted by molar-refractivity contribution is 6.24. The van der Waals surface area contributed by atoms with Crippen LogP contribution < -0.4 is 0 Å². The summed E-state index contributed by atoms with van der Waals surface area (Å²) in [6.45, 7) is 4.60. The van der Waals surface area contributed by atoms with E-state index in [-0.39, 0.29) is 5.41 Å². The number of benzene rings is 8. The van der Waals surface area contributed by atoms with Crippen molar-refractivity contribution in [2.24, 2.45) is 0 Å². The van der Waals surface area contributed by atoms with Crippen LogP contribution in [0.15, 0.2) is 168 Å². The van der Waals surface area contributed by atoms with Crippen LogP contribution in [0, 0.1) is 0 Å². The third kappa shape index (κ3) is 4.60. The topological polar surface area (TPSA) is 51.8 Å². The maximum atomic E-state index is 6.89. The third-order valence-electron chi connectivity index (χ3n) is 11.3. The Labute approximate surface area is 312 Å². The monoisotopic (exact) mass is 691 g/mol. The van der Waals surface area contributed by atoms with E-state index in [1.165, 1.54) is 38.4 Å². The van der Waals surface area contributed by atoms with E-state index in [2.05, 4.69) is 159 Å². The number of hydrogen-bond donors (Lipinski definition) is 0. The zero-order valence-electron chi connectivity index (χ0n) is 29.8. The Morgan fingerprint density at radius 2 is 0.981 bits per heavy atom. The zero-order chi connectivity index (χ0) is 36.0. The predicted octanol–water partition coefficient (Wildman–Crippen LogP) is 13.1. The van der Waals surface area contributed by atoms with Gasteiger partial charge in [-0.2, -0.15) is 0 Å². The van der Waals surface area contributed by atoms with Crippen molar-refractivity contribution in [1.82, 2.24) is 15.0 Å². The second-order valence-electron chi connectivity index (χ2n) is 14.8. The molecule has 0 aliphatic heterocycles. The third-order valence-corrected chi connectivity index (χ3v) is 11.3. The van der Waals surface area contributed by atoms with Crippen LogP contribution in [0.25, 0.3) is 99.9 Å². The molecule has 0 unspecified atom stereocenters. The first-order chi connectivity index (χ1) is 26.5. The van der Waals surface area contributed by atoms with Gasteiger partial charge in [0, 0.05) is 43.8 Å². The minimum absolute atomic E-state index is 0.133. The van der Waals surface area contributed by atoms with Crippen LogP contribution in [-0.2, 0) is 5.41 Å². The summed E-state index contributed by atoms with van der Waals surface area (Å²) >= 11 is 0. The largest absolute Gasteiger partial charge is 0.455 e. The molecule has 4 nitrogen and oxygen atoms in total. The Morgan fingerprint density at radius 1 is 0.389 bits per heavy atom. The molecule has 0 saturated heterocycles. The molecule has 0 radical (unpaired) electrons. The van der Waals surface area contributed by atoms with E-state index in [1.807, 2.05) is 18.2 Å². The smallest absolute Gasteiger partial charge is 0.164 e. The minimum atomic E-state index is -0.133. The number of para-hydroxylation sites is 1. The second kappa shape index (κ2) is 11.5. The molecule has 2 aromatic heterocycles. The van der Waals surface area contributed by atoms with E-state index >= 15 is 0 Å². The first-order valence-electron chi connectivity index (χ1n) is 18.4. The van der Waals surface area contributed by atoms with Gasteiger partial charge in [0.05, 0.1) is 0 Å². The minimum Gasteiger partial charge on any atom is -0.455 e. The van der Waals surface area contributed by atoms with Crippen molar-refractivity contribution in [3.8, 4) is 56.4 Å². The van der Waals surface area contributed by atoms with Crippen LogP contribution in [-0.4, -0.2) is 15.0 Å². The molecule has 1 aliphatic rings. The standard InChI is InChI=1S/C50H33N3O/c1-50(2)42-21-9-8-18-38(42)39-26-25-35(29-43(39)50)49-52-47(32-13-4-3-5-14-32)51-48(53-49)34-16-10-15-33(28-34)37-19-11-20-40-41-27-24-31-23-22-30-12-6-7-17-36(30)44(31)46(41)54-45(37)40/h3-29H,1-2H3. The average molecular weight is 692 g/mol. The Hall–Kier alpha value is -6.91. The summed E-state index contributed by atoms with van der Waals surface area (Å²) in [5, 5.41) is 6.91. The molecule has 254 valence electrons. The fourth-order valence-corrected chi connectivity index (χ4v) is 8.59. The summed E-state index contributed by atoms with van der Waals surface area (Å²) in [7, 11) is 0. The molecule has 0 amide bonds. The highest BCUT2D eigenvalue weighted by Crippen LogP contribution is 2.49. The fraction of sp³-hybridized carbons (Fsp3) is 0.0600. The maximum Gasteiger partial charge on any atom is 0.164 e. The zero-order valence-corrected chi connectivity index (χ0v) is 29.8. The first-order valence-corrected chi connectivity index (χ1v) is 18.4. The number of furan rings is 1. The van der Waals surface area contributed by atoms with E-state index in [9.17, 15) is 0 Å². The van der Waals surface area contributed by atoms with Gasteiger partial charge in [-0.3, -0.25) is 0 Å². The maximum absolute atomic E-state index is 6.89. The van der Waals surface area contributed by atoms with Crippen molar-refractivity contribution >= 4 is 43.5 Å². The molecular formula is C50H33N3O. The quantitative estimate of drug-likeness (QED) is 0.172. The van der Waals surface area contributed by atoms with Gasteiger partial charge in [0.15, 0.2) is 17.5 Å². The second-order valence-corrected chi connectivity index (χ2v) is 14.8. The summed E-state index contributed by atoms with van der Waals surface area (Å²) in [6, 6.07) is 57.7. The van der Waals surface area contributed by atoms with Gasteiger partial charge in [0.25, 0.3) is 0 Å². The van der Waals surface area contributed by atoms with Gasteiger partial charge in [0.1, 0.15) is 11.2 Å². The van der Waals surface area contributed by atoms with Crippen LogP contribution in [0.3, 0.4) is 0 Å². The van der Waals surface area contributed by atoms with Crippen molar-refractivity contribution in [3.63, 3.8) is 0 Å². The van der Waals surface area contributed by atoms with Crippen LogP contribution in [0.5, 0.6) is 0 Å². The number of nitrogens with zero attached hydrogens (tertiary/aromatic N) is 3. The molecule has 0 bridgehead atoms. The summed E-state index contributed by atoms with van der Waals surface area (Å²) in [6.07, 6.45) is 0. The van der Waals surface area contributed by atoms with E-state index in [0.29, 0.717) is 17.5 Å².